The summed E-state index contributed by atoms with van der Waals surface area (Å²) in [7, 11) is 1.35. The van der Waals surface area contributed by atoms with Crippen molar-refractivity contribution in [2.24, 2.45) is 0 Å². The van der Waals surface area contributed by atoms with Gasteiger partial charge in [-0.15, -0.1) is 0 Å². The van der Waals surface area contributed by atoms with Crippen LogP contribution in [0.5, 0.6) is 5.75 Å². The Kier molecular flexibility index (Phi) is 8.72. The molecule has 4 aromatic carbocycles. The number of aryl methyl sites for hydroxylation is 1. The molecule has 0 aliphatic carbocycles. The van der Waals surface area contributed by atoms with Gasteiger partial charge in [-0.3, -0.25) is 9.36 Å². The minimum absolute atomic E-state index is 0.127. The molecule has 0 unspecified atom stereocenters. The average molecular weight is 623 g/mol. The summed E-state index contributed by atoms with van der Waals surface area (Å²) in [6.45, 7) is 4.98. The first-order valence-corrected chi connectivity index (χ1v) is 15.2. The van der Waals surface area contributed by atoms with Crippen LogP contribution in [0, 0.1) is 12.7 Å². The molecule has 1 saturated heterocycles. The van der Waals surface area contributed by atoms with Gasteiger partial charge in [0.2, 0.25) is 0 Å². The normalized spacial score (nSPS) is 14.8. The van der Waals surface area contributed by atoms with Gasteiger partial charge >= 0.3 is 5.97 Å². The van der Waals surface area contributed by atoms with E-state index in [-0.39, 0.29) is 29.6 Å². The Labute approximate surface area is 266 Å². The number of carbonyl (C=O) groups excluding carboxylic acids is 2. The Hall–Kier alpha value is -5.22. The second kappa shape index (κ2) is 13.0. The number of benzene rings is 4. The van der Waals surface area contributed by atoms with E-state index in [1.54, 1.807) is 33.9 Å². The molecule has 1 aliphatic heterocycles. The van der Waals surface area contributed by atoms with Crippen molar-refractivity contribution in [2.45, 2.75) is 19.9 Å². The zero-order valence-electron chi connectivity index (χ0n) is 25.9. The molecule has 1 fully saturated rings. The minimum Gasteiger partial charge on any atom is -0.494 e. The molecule has 0 saturated carbocycles. The number of carbonyl (C=O) groups is 2. The Morgan fingerprint density at radius 3 is 2.59 bits per heavy atom. The maximum absolute atomic E-state index is 15.3. The van der Waals surface area contributed by atoms with Gasteiger partial charge in [-0.1, -0.05) is 36.4 Å². The highest BCUT2D eigenvalue weighted by Gasteiger charge is 2.33. The molecule has 0 radical (unpaired) electrons. The quantitative estimate of drug-likeness (QED) is 0.224. The fourth-order valence-electron chi connectivity index (χ4n) is 5.98. The molecule has 2 heterocycles. The van der Waals surface area contributed by atoms with E-state index in [1.165, 1.54) is 13.2 Å². The maximum Gasteiger partial charge on any atom is 0.338 e. The third kappa shape index (κ3) is 5.91. The van der Waals surface area contributed by atoms with Gasteiger partial charge in [-0.25, -0.2) is 14.2 Å². The first-order chi connectivity index (χ1) is 22.3. The molecule has 1 aromatic heterocycles. The Morgan fingerprint density at radius 2 is 1.83 bits per heavy atom. The lowest BCUT2D eigenvalue weighted by Crippen LogP contribution is -2.56. The second-order valence-corrected chi connectivity index (χ2v) is 11.2. The van der Waals surface area contributed by atoms with Crippen LogP contribution in [-0.4, -0.2) is 77.4 Å². The van der Waals surface area contributed by atoms with Crippen molar-refractivity contribution >= 4 is 28.3 Å². The third-order valence-corrected chi connectivity index (χ3v) is 8.27. The summed E-state index contributed by atoms with van der Waals surface area (Å²) >= 11 is 0. The lowest BCUT2D eigenvalue weighted by Gasteiger charge is -2.41. The van der Waals surface area contributed by atoms with Crippen molar-refractivity contribution in [1.29, 1.82) is 0 Å². The van der Waals surface area contributed by atoms with Crippen LogP contribution in [0.2, 0.25) is 0 Å². The molecule has 10 heteroatoms. The van der Waals surface area contributed by atoms with E-state index in [4.69, 9.17) is 9.47 Å². The van der Waals surface area contributed by atoms with Crippen molar-refractivity contribution in [3.63, 3.8) is 0 Å². The number of halogens is 1. The number of piperazine rings is 1. The van der Waals surface area contributed by atoms with E-state index in [2.05, 4.69) is 9.88 Å². The van der Waals surface area contributed by atoms with E-state index in [0.29, 0.717) is 43.2 Å². The number of nitrogens with zero attached hydrogens (tertiary/aromatic N) is 4. The smallest absolute Gasteiger partial charge is 0.338 e. The highest BCUT2D eigenvalue weighted by Crippen LogP contribution is 2.31. The standard InChI is InChI=1S/C36H35FN4O5/c1-4-46-28-10-7-9-25(18-28)41-21-33(38-34(41)30-13-12-23(2)16-32(30)37)35(43)40-15-14-39(20-27(40)22-42)26-17-24-8-5-6-11-29(24)31(19-26)36(44)45-3/h5-13,16-19,21,27,42H,4,14-15,20,22H2,1-3H3/t27-/m0/s1. The summed E-state index contributed by atoms with van der Waals surface area (Å²) in [5.41, 5.74) is 3.05. The van der Waals surface area contributed by atoms with Crippen LogP contribution in [0.15, 0.2) is 85.1 Å². The predicted octanol–water partition coefficient (Wildman–Crippen LogP) is 5.65. The third-order valence-electron chi connectivity index (χ3n) is 8.27. The average Bonchev–Trinajstić information content (AvgIpc) is 3.52. The van der Waals surface area contributed by atoms with Gasteiger partial charge in [0.25, 0.3) is 5.91 Å². The van der Waals surface area contributed by atoms with Crippen LogP contribution >= 0.6 is 0 Å². The van der Waals surface area contributed by atoms with Gasteiger partial charge in [0, 0.05) is 37.6 Å². The highest BCUT2D eigenvalue weighted by molar-refractivity contribution is 6.06. The molecule has 9 nitrogen and oxygen atoms in total. The number of amides is 1. The van der Waals surface area contributed by atoms with Crippen LogP contribution < -0.4 is 9.64 Å². The number of esters is 1. The van der Waals surface area contributed by atoms with Crippen LogP contribution in [0.4, 0.5) is 10.1 Å². The molecule has 46 heavy (non-hydrogen) atoms. The Balaban J connectivity index is 1.33. The summed E-state index contributed by atoms with van der Waals surface area (Å²) < 4.78 is 27.7. The van der Waals surface area contributed by atoms with Crippen LogP contribution in [0.1, 0.15) is 33.3 Å². The number of aliphatic hydroxyl groups excluding tert-OH is 1. The van der Waals surface area contributed by atoms with Crippen molar-refractivity contribution < 1.29 is 28.6 Å². The topological polar surface area (TPSA) is 97.1 Å². The Morgan fingerprint density at radius 1 is 1.00 bits per heavy atom. The number of ether oxygens (including phenoxy) is 2. The highest BCUT2D eigenvalue weighted by atomic mass is 19.1. The van der Waals surface area contributed by atoms with Gasteiger partial charge in [0.05, 0.1) is 43.2 Å². The first-order valence-electron chi connectivity index (χ1n) is 15.2. The van der Waals surface area contributed by atoms with E-state index in [1.807, 2.05) is 68.4 Å². The first kappa shape index (κ1) is 30.8. The molecule has 0 bridgehead atoms. The minimum atomic E-state index is -0.555. The number of rotatable bonds is 8. The van der Waals surface area contributed by atoms with Crippen molar-refractivity contribution in [3.05, 3.63) is 108 Å². The fourth-order valence-corrected chi connectivity index (χ4v) is 5.98. The van der Waals surface area contributed by atoms with Crippen molar-refractivity contribution in [3.8, 4) is 22.8 Å². The molecular formula is C36H35FN4O5. The molecule has 1 N–H and O–H groups in total. The lowest BCUT2D eigenvalue weighted by atomic mass is 10.0. The molecule has 6 rings (SSSR count). The number of imidazole rings is 1. The summed E-state index contributed by atoms with van der Waals surface area (Å²) in [6.07, 6.45) is 1.61. The van der Waals surface area contributed by atoms with Gasteiger partial charge < -0.3 is 24.4 Å². The number of aromatic nitrogens is 2. The molecular weight excluding hydrogens is 587 g/mol. The molecule has 236 valence electrons. The number of anilines is 1. The number of aliphatic hydroxyl groups is 1. The molecule has 5 aromatic rings. The summed E-state index contributed by atoms with van der Waals surface area (Å²) in [4.78, 5) is 35.0. The van der Waals surface area contributed by atoms with E-state index in [9.17, 15) is 14.7 Å². The maximum atomic E-state index is 15.3. The van der Waals surface area contributed by atoms with Crippen molar-refractivity contribution in [2.75, 3.05) is 44.9 Å². The number of hydrogen-bond donors (Lipinski definition) is 1. The molecule has 1 aliphatic rings. The van der Waals surface area contributed by atoms with E-state index >= 15 is 4.39 Å². The largest absolute Gasteiger partial charge is 0.494 e. The van der Waals surface area contributed by atoms with E-state index < -0.39 is 17.8 Å². The number of fused-ring (bicyclic) bond motifs is 1. The van der Waals surface area contributed by atoms with Crippen LogP contribution in [-0.2, 0) is 4.74 Å². The summed E-state index contributed by atoms with van der Waals surface area (Å²) in [5, 5.41) is 12.1. The van der Waals surface area contributed by atoms with Gasteiger partial charge in [-0.05, 0) is 66.6 Å². The second-order valence-electron chi connectivity index (χ2n) is 11.2. The van der Waals surface area contributed by atoms with Gasteiger partial charge in [0.1, 0.15) is 23.1 Å². The zero-order valence-corrected chi connectivity index (χ0v) is 25.9. The van der Waals surface area contributed by atoms with Crippen LogP contribution in [0.25, 0.3) is 27.8 Å². The zero-order chi connectivity index (χ0) is 32.4. The summed E-state index contributed by atoms with van der Waals surface area (Å²) in [5.74, 6) is -0.345. The summed E-state index contributed by atoms with van der Waals surface area (Å²) in [6, 6.07) is 23.0. The monoisotopic (exact) mass is 622 g/mol. The predicted molar refractivity (Wildman–Crippen MR) is 174 cm³/mol. The SMILES string of the molecule is CCOc1cccc(-n2cc(C(=O)N3CCN(c4cc(C(=O)OC)c5ccccc5c4)C[C@H]3CO)nc2-c2ccc(C)cc2F)c1. The molecule has 1 atom stereocenters. The number of hydrogen-bond acceptors (Lipinski definition) is 7. The van der Waals surface area contributed by atoms with Crippen molar-refractivity contribution in [1.82, 2.24) is 14.5 Å². The molecule has 0 spiro atoms. The van der Waals surface area contributed by atoms with Gasteiger partial charge in [0.15, 0.2) is 0 Å². The van der Waals surface area contributed by atoms with Crippen LogP contribution in [0.3, 0.4) is 0 Å². The fraction of sp³-hybridized carbons (Fsp3) is 0.250. The molecule has 1 amide bonds. The van der Waals surface area contributed by atoms with Gasteiger partial charge in [-0.2, -0.15) is 0 Å². The lowest BCUT2D eigenvalue weighted by molar-refractivity contribution is 0.0560. The number of methoxy groups -OCH3 is 1. The Bertz CT molecular complexity index is 1920. The van der Waals surface area contributed by atoms with E-state index in [0.717, 1.165) is 22.0 Å².